The van der Waals surface area contributed by atoms with E-state index in [9.17, 15) is 14.4 Å². The van der Waals surface area contributed by atoms with Crippen molar-refractivity contribution in [1.82, 2.24) is 0 Å². The molecule has 278 valence electrons. The zero-order valence-electron chi connectivity index (χ0n) is 30.9. The van der Waals surface area contributed by atoms with Gasteiger partial charge in [-0.1, -0.05) is 168 Å². The summed E-state index contributed by atoms with van der Waals surface area (Å²) in [5, 5.41) is 0. The third-order valence-corrected chi connectivity index (χ3v) is 10.1. The Balaban J connectivity index is 4.13. The monoisotopic (exact) mass is 685 g/mol. The SMILES string of the molecule is CCCCCCCCCCCCCCCC(=O)OC[C@H](CSC[C@H](N)C(=O)CN)OC(=O)CCCCCCCCCCCCCCC. The van der Waals surface area contributed by atoms with Crippen molar-refractivity contribution in [2.45, 2.75) is 206 Å². The van der Waals surface area contributed by atoms with E-state index < -0.39 is 12.1 Å². The predicted octanol–water partition coefficient (Wildman–Crippen LogP) is 9.99. The summed E-state index contributed by atoms with van der Waals surface area (Å²) in [6.07, 6.45) is 32.9. The fourth-order valence-corrected chi connectivity index (χ4v) is 6.77. The van der Waals surface area contributed by atoms with Gasteiger partial charge in [-0.3, -0.25) is 14.4 Å². The molecule has 0 heterocycles. The Morgan fingerprint density at radius 1 is 0.532 bits per heavy atom. The van der Waals surface area contributed by atoms with Crippen molar-refractivity contribution < 1.29 is 23.9 Å². The Hall–Kier alpha value is -1.12. The quantitative estimate of drug-likeness (QED) is 0.0490. The van der Waals surface area contributed by atoms with Gasteiger partial charge in [0.15, 0.2) is 5.78 Å². The van der Waals surface area contributed by atoms with Crippen LogP contribution in [-0.4, -0.2) is 54.5 Å². The second kappa shape index (κ2) is 36.2. The molecule has 0 rings (SSSR count). The molecular weight excluding hydrogens is 609 g/mol. The standard InChI is InChI=1S/C39H76N2O5S/c1-3-5-7-9-11-13-15-17-19-21-23-25-27-29-38(43)45-32-35(33-47-34-36(41)37(42)31-40)46-39(44)30-28-26-24-22-20-18-16-14-12-10-8-6-4-2/h35-36H,3-34,40-41H2,1-2H3/t35-,36+/m1/s1. The van der Waals surface area contributed by atoms with Gasteiger partial charge in [-0.2, -0.15) is 11.8 Å². The van der Waals surface area contributed by atoms with E-state index in [1.807, 2.05) is 0 Å². The minimum Gasteiger partial charge on any atom is -0.462 e. The summed E-state index contributed by atoms with van der Waals surface area (Å²) in [4.78, 5) is 36.7. The first kappa shape index (κ1) is 45.9. The zero-order valence-corrected chi connectivity index (χ0v) is 31.7. The lowest BCUT2D eigenvalue weighted by atomic mass is 10.0. The van der Waals surface area contributed by atoms with Gasteiger partial charge in [0.05, 0.1) is 12.6 Å². The highest BCUT2D eigenvalue weighted by molar-refractivity contribution is 7.99. The largest absolute Gasteiger partial charge is 0.462 e. The summed E-state index contributed by atoms with van der Waals surface area (Å²) in [5.41, 5.74) is 11.3. The number of rotatable bonds is 37. The van der Waals surface area contributed by atoms with Crippen molar-refractivity contribution in [3.05, 3.63) is 0 Å². The first-order valence-electron chi connectivity index (χ1n) is 19.9. The van der Waals surface area contributed by atoms with Gasteiger partial charge in [0.1, 0.15) is 12.7 Å². The molecule has 0 saturated carbocycles. The van der Waals surface area contributed by atoms with Crippen LogP contribution in [0.4, 0.5) is 0 Å². The van der Waals surface area contributed by atoms with Crippen LogP contribution < -0.4 is 11.5 Å². The highest BCUT2D eigenvalue weighted by Gasteiger charge is 2.19. The van der Waals surface area contributed by atoms with Gasteiger partial charge < -0.3 is 20.9 Å². The van der Waals surface area contributed by atoms with E-state index in [2.05, 4.69) is 13.8 Å². The number of ether oxygens (including phenoxy) is 2. The molecule has 0 aromatic carbocycles. The van der Waals surface area contributed by atoms with Crippen LogP contribution in [0.2, 0.25) is 0 Å². The summed E-state index contributed by atoms with van der Waals surface area (Å²) in [6, 6.07) is -0.648. The van der Waals surface area contributed by atoms with Gasteiger partial charge >= 0.3 is 11.9 Å². The van der Waals surface area contributed by atoms with Crippen LogP contribution in [-0.2, 0) is 23.9 Å². The Morgan fingerprint density at radius 3 is 1.28 bits per heavy atom. The fraction of sp³-hybridized carbons (Fsp3) is 0.923. The first-order valence-corrected chi connectivity index (χ1v) is 21.0. The average Bonchev–Trinajstić information content (AvgIpc) is 3.07. The Labute approximate surface area is 294 Å². The number of carbonyl (C=O) groups excluding carboxylic acids is 3. The van der Waals surface area contributed by atoms with Crippen LogP contribution in [0.15, 0.2) is 0 Å². The number of unbranched alkanes of at least 4 members (excludes halogenated alkanes) is 24. The highest BCUT2D eigenvalue weighted by atomic mass is 32.2. The molecule has 0 aliphatic rings. The summed E-state index contributed by atoms with van der Waals surface area (Å²) in [7, 11) is 0. The molecule has 0 unspecified atom stereocenters. The van der Waals surface area contributed by atoms with Crippen molar-refractivity contribution in [1.29, 1.82) is 0 Å². The molecule has 8 heteroatoms. The van der Waals surface area contributed by atoms with Crippen molar-refractivity contribution in [2.24, 2.45) is 11.5 Å². The van der Waals surface area contributed by atoms with E-state index >= 15 is 0 Å². The smallest absolute Gasteiger partial charge is 0.306 e. The van der Waals surface area contributed by atoms with Crippen LogP contribution in [0.1, 0.15) is 194 Å². The normalized spacial score (nSPS) is 12.6. The number of ketones is 1. The Morgan fingerprint density at radius 2 is 0.894 bits per heavy atom. The van der Waals surface area contributed by atoms with Gasteiger partial charge in [-0.15, -0.1) is 0 Å². The van der Waals surface area contributed by atoms with Crippen LogP contribution >= 0.6 is 11.8 Å². The molecule has 2 atom stereocenters. The molecule has 0 saturated heterocycles. The average molecular weight is 685 g/mol. The number of esters is 2. The number of carbonyl (C=O) groups is 3. The van der Waals surface area contributed by atoms with E-state index in [1.165, 1.54) is 140 Å². The molecular formula is C39H76N2O5S. The van der Waals surface area contributed by atoms with Crippen molar-refractivity contribution in [3.8, 4) is 0 Å². The Kier molecular flexibility index (Phi) is 35.3. The maximum Gasteiger partial charge on any atom is 0.306 e. The first-order chi connectivity index (χ1) is 22.9. The van der Waals surface area contributed by atoms with Gasteiger partial charge in [-0.25, -0.2) is 0 Å². The zero-order chi connectivity index (χ0) is 34.6. The van der Waals surface area contributed by atoms with E-state index in [0.29, 0.717) is 24.3 Å². The van der Waals surface area contributed by atoms with Gasteiger partial charge in [0, 0.05) is 24.3 Å². The molecule has 0 fully saturated rings. The third kappa shape index (κ3) is 33.2. The van der Waals surface area contributed by atoms with E-state index in [0.717, 1.165) is 38.5 Å². The minimum atomic E-state index is -0.648. The number of hydrogen-bond acceptors (Lipinski definition) is 8. The lowest BCUT2D eigenvalue weighted by Crippen LogP contribution is -2.38. The molecule has 0 aromatic heterocycles. The summed E-state index contributed by atoms with van der Waals surface area (Å²) in [5.74, 6) is 0.106. The molecule has 0 amide bonds. The Bertz CT molecular complexity index is 723. The molecule has 4 N–H and O–H groups in total. The van der Waals surface area contributed by atoms with Crippen molar-refractivity contribution in [2.75, 3.05) is 24.7 Å². The maximum absolute atomic E-state index is 12.6. The predicted molar refractivity (Wildman–Crippen MR) is 201 cm³/mol. The van der Waals surface area contributed by atoms with Gasteiger partial charge in [0.25, 0.3) is 0 Å². The molecule has 7 nitrogen and oxygen atoms in total. The fourth-order valence-electron chi connectivity index (χ4n) is 5.76. The summed E-state index contributed by atoms with van der Waals surface area (Å²) < 4.78 is 11.2. The van der Waals surface area contributed by atoms with Gasteiger partial charge in [-0.05, 0) is 12.8 Å². The summed E-state index contributed by atoms with van der Waals surface area (Å²) in [6.45, 7) is 4.47. The van der Waals surface area contributed by atoms with Crippen LogP contribution in [0.5, 0.6) is 0 Å². The number of hydrogen-bond donors (Lipinski definition) is 2. The van der Waals surface area contributed by atoms with Crippen LogP contribution in [0, 0.1) is 0 Å². The molecule has 0 aliphatic heterocycles. The van der Waals surface area contributed by atoms with E-state index in [1.54, 1.807) is 0 Å². The number of thioether (sulfide) groups is 1. The van der Waals surface area contributed by atoms with E-state index in [-0.39, 0.29) is 30.9 Å². The van der Waals surface area contributed by atoms with Crippen LogP contribution in [0.25, 0.3) is 0 Å². The molecule has 47 heavy (non-hydrogen) atoms. The van der Waals surface area contributed by atoms with E-state index in [4.69, 9.17) is 20.9 Å². The van der Waals surface area contributed by atoms with Crippen molar-refractivity contribution >= 4 is 29.5 Å². The molecule has 0 spiro atoms. The highest BCUT2D eigenvalue weighted by Crippen LogP contribution is 2.16. The minimum absolute atomic E-state index is 0.0364. The summed E-state index contributed by atoms with van der Waals surface area (Å²) >= 11 is 1.42. The van der Waals surface area contributed by atoms with Gasteiger partial charge in [0.2, 0.25) is 0 Å². The lowest BCUT2D eigenvalue weighted by Gasteiger charge is -2.19. The maximum atomic E-state index is 12.6. The molecule has 0 aliphatic carbocycles. The second-order valence-electron chi connectivity index (χ2n) is 13.6. The van der Waals surface area contributed by atoms with Crippen molar-refractivity contribution in [3.63, 3.8) is 0 Å². The van der Waals surface area contributed by atoms with Crippen LogP contribution in [0.3, 0.4) is 0 Å². The second-order valence-corrected chi connectivity index (χ2v) is 14.7. The topological polar surface area (TPSA) is 122 Å². The number of nitrogens with two attached hydrogens (primary N) is 2. The number of Topliss-reactive ketones (excluding diaryl/α,β-unsaturated/α-hetero) is 1. The molecule has 0 bridgehead atoms. The molecule has 0 aromatic rings. The third-order valence-electron chi connectivity index (χ3n) is 8.91. The lowest BCUT2D eigenvalue weighted by molar-refractivity contribution is -0.157. The molecule has 0 radical (unpaired) electrons.